The number of hydrogen-bond acceptors (Lipinski definition) is 0. The van der Waals surface area contributed by atoms with Gasteiger partial charge < -0.3 is 0 Å². The summed E-state index contributed by atoms with van der Waals surface area (Å²) in [6.07, 6.45) is 7.08. The third kappa shape index (κ3) is 3.22. The van der Waals surface area contributed by atoms with E-state index in [0.29, 0.717) is 5.92 Å². The molecule has 1 aliphatic rings. The molecule has 0 amide bonds. The van der Waals surface area contributed by atoms with Crippen molar-refractivity contribution >= 4 is 22.6 Å². The molecule has 0 heterocycles. The molecule has 1 aromatic carbocycles. The van der Waals surface area contributed by atoms with Crippen molar-refractivity contribution in [3.63, 3.8) is 0 Å². The summed E-state index contributed by atoms with van der Waals surface area (Å²) in [7, 11) is 0. The van der Waals surface area contributed by atoms with Gasteiger partial charge in [0.25, 0.3) is 0 Å². The molecule has 1 aromatic rings. The van der Waals surface area contributed by atoms with Gasteiger partial charge in [0.2, 0.25) is 0 Å². The van der Waals surface area contributed by atoms with Crippen molar-refractivity contribution in [1.29, 1.82) is 0 Å². The molecule has 0 radical (unpaired) electrons. The lowest BCUT2D eigenvalue weighted by Crippen LogP contribution is -2.13. The van der Waals surface area contributed by atoms with Gasteiger partial charge in [0.15, 0.2) is 0 Å². The fourth-order valence-corrected chi connectivity index (χ4v) is 3.31. The summed E-state index contributed by atoms with van der Waals surface area (Å²) in [4.78, 5) is 0. The van der Waals surface area contributed by atoms with Crippen molar-refractivity contribution in [3.05, 3.63) is 32.9 Å². The zero-order valence-corrected chi connectivity index (χ0v) is 12.8. The largest absolute Gasteiger partial charge is 0.206 e. The molecule has 18 heavy (non-hydrogen) atoms. The average Bonchev–Trinajstić information content (AvgIpc) is 2.37. The van der Waals surface area contributed by atoms with E-state index in [2.05, 4.69) is 6.92 Å². The maximum absolute atomic E-state index is 13.5. The molecule has 100 valence electrons. The van der Waals surface area contributed by atoms with Crippen LogP contribution in [0.3, 0.4) is 0 Å². The van der Waals surface area contributed by atoms with Gasteiger partial charge in [-0.15, -0.1) is 0 Å². The van der Waals surface area contributed by atoms with Crippen LogP contribution in [0.25, 0.3) is 0 Å². The maximum Gasteiger partial charge on any atom is 0.139 e. The standard InChI is InChI=1S/C15H19F2I/c1-2-3-10-4-6-11(7-5-10)12-8-13(16)15(18)14(17)9-12/h8-11H,2-7H2,1H3. The molecule has 0 bridgehead atoms. The predicted molar refractivity (Wildman–Crippen MR) is 78.7 cm³/mol. The third-order valence-corrected chi connectivity index (χ3v) is 5.05. The highest BCUT2D eigenvalue weighted by Crippen LogP contribution is 2.38. The van der Waals surface area contributed by atoms with E-state index in [1.54, 1.807) is 22.6 Å². The molecule has 1 saturated carbocycles. The number of rotatable bonds is 3. The van der Waals surface area contributed by atoms with Crippen LogP contribution in [0.15, 0.2) is 12.1 Å². The normalized spacial score (nSPS) is 24.2. The van der Waals surface area contributed by atoms with Gasteiger partial charge in [-0.1, -0.05) is 19.8 Å². The quantitative estimate of drug-likeness (QED) is 0.481. The summed E-state index contributed by atoms with van der Waals surface area (Å²) in [6, 6.07) is 3.05. The first kappa shape index (κ1) is 14.2. The molecule has 0 atom stereocenters. The molecule has 1 fully saturated rings. The highest BCUT2D eigenvalue weighted by Gasteiger charge is 2.23. The second-order valence-corrected chi connectivity index (χ2v) is 6.38. The Bertz CT molecular complexity index is 386. The molecule has 0 aliphatic heterocycles. The van der Waals surface area contributed by atoms with Gasteiger partial charge in [0, 0.05) is 0 Å². The Morgan fingerprint density at radius 1 is 1.11 bits per heavy atom. The Hall–Kier alpha value is -0.190. The maximum atomic E-state index is 13.5. The van der Waals surface area contributed by atoms with Gasteiger partial charge in [0.1, 0.15) is 11.6 Å². The van der Waals surface area contributed by atoms with Gasteiger partial charge in [-0.25, -0.2) is 8.78 Å². The first-order valence-corrected chi connectivity index (χ1v) is 7.84. The molecular weight excluding hydrogens is 345 g/mol. The van der Waals surface area contributed by atoms with Crippen molar-refractivity contribution in [3.8, 4) is 0 Å². The van der Waals surface area contributed by atoms with Gasteiger partial charge in [0.05, 0.1) is 3.57 Å². The minimum absolute atomic E-state index is 0.107. The van der Waals surface area contributed by atoms with E-state index >= 15 is 0 Å². The van der Waals surface area contributed by atoms with E-state index in [4.69, 9.17) is 0 Å². The minimum Gasteiger partial charge on any atom is -0.206 e. The molecule has 0 N–H and O–H groups in total. The fraction of sp³-hybridized carbons (Fsp3) is 0.600. The van der Waals surface area contributed by atoms with Gasteiger partial charge in [-0.2, -0.15) is 0 Å². The van der Waals surface area contributed by atoms with E-state index in [9.17, 15) is 8.78 Å². The smallest absolute Gasteiger partial charge is 0.139 e. The summed E-state index contributed by atoms with van der Waals surface area (Å²) in [5, 5.41) is 0. The van der Waals surface area contributed by atoms with E-state index in [0.717, 1.165) is 24.3 Å². The Labute approximate surface area is 121 Å². The molecule has 3 heteroatoms. The second-order valence-electron chi connectivity index (χ2n) is 5.30. The number of hydrogen-bond donors (Lipinski definition) is 0. The zero-order valence-electron chi connectivity index (χ0n) is 10.7. The fourth-order valence-electron chi connectivity index (χ4n) is 3.00. The van der Waals surface area contributed by atoms with Crippen LogP contribution in [0, 0.1) is 21.1 Å². The Morgan fingerprint density at radius 3 is 2.17 bits per heavy atom. The van der Waals surface area contributed by atoms with E-state index in [-0.39, 0.29) is 3.57 Å². The Balaban J connectivity index is 2.05. The number of benzene rings is 1. The second kappa shape index (κ2) is 6.31. The van der Waals surface area contributed by atoms with Crippen molar-refractivity contribution in [2.45, 2.75) is 51.4 Å². The first-order valence-electron chi connectivity index (χ1n) is 6.76. The topological polar surface area (TPSA) is 0 Å². The third-order valence-electron chi connectivity index (χ3n) is 4.02. The molecule has 0 spiro atoms. The van der Waals surface area contributed by atoms with E-state index < -0.39 is 11.6 Å². The monoisotopic (exact) mass is 364 g/mol. The van der Waals surface area contributed by atoms with Crippen LogP contribution >= 0.6 is 22.6 Å². The summed E-state index contributed by atoms with van der Waals surface area (Å²) >= 11 is 1.72. The summed E-state index contributed by atoms with van der Waals surface area (Å²) in [5.41, 5.74) is 0.848. The van der Waals surface area contributed by atoms with Crippen LogP contribution in [0.5, 0.6) is 0 Å². The predicted octanol–water partition coefficient (Wildman–Crippen LogP) is 5.64. The summed E-state index contributed by atoms with van der Waals surface area (Å²) < 4.78 is 27.2. The lowest BCUT2D eigenvalue weighted by molar-refractivity contribution is 0.307. The molecular formula is C15H19F2I. The van der Waals surface area contributed by atoms with Crippen molar-refractivity contribution < 1.29 is 8.78 Å². The lowest BCUT2D eigenvalue weighted by Gasteiger charge is -2.28. The lowest BCUT2D eigenvalue weighted by atomic mass is 9.77. The molecule has 0 nitrogen and oxygen atoms in total. The minimum atomic E-state index is -0.415. The Kier molecular flexibility index (Phi) is 4.98. The van der Waals surface area contributed by atoms with Gasteiger partial charge in [-0.3, -0.25) is 0 Å². The average molecular weight is 364 g/mol. The van der Waals surface area contributed by atoms with Crippen LogP contribution in [-0.2, 0) is 0 Å². The van der Waals surface area contributed by atoms with Crippen molar-refractivity contribution in [2.75, 3.05) is 0 Å². The summed E-state index contributed by atoms with van der Waals surface area (Å²) in [6.45, 7) is 2.22. The highest BCUT2D eigenvalue weighted by atomic mass is 127. The van der Waals surface area contributed by atoms with Crippen molar-refractivity contribution in [2.24, 2.45) is 5.92 Å². The highest BCUT2D eigenvalue weighted by molar-refractivity contribution is 14.1. The molecule has 2 rings (SSSR count). The van der Waals surface area contributed by atoms with Gasteiger partial charge in [-0.05, 0) is 77.8 Å². The Morgan fingerprint density at radius 2 is 1.67 bits per heavy atom. The van der Waals surface area contributed by atoms with Crippen LogP contribution in [0.4, 0.5) is 8.78 Å². The van der Waals surface area contributed by atoms with E-state index in [1.165, 1.54) is 37.8 Å². The van der Waals surface area contributed by atoms with Crippen LogP contribution in [0.2, 0.25) is 0 Å². The first-order chi connectivity index (χ1) is 8.61. The van der Waals surface area contributed by atoms with Gasteiger partial charge >= 0.3 is 0 Å². The SMILES string of the molecule is CCCC1CCC(c2cc(F)c(I)c(F)c2)CC1. The summed E-state index contributed by atoms with van der Waals surface area (Å²) in [5.74, 6) is 0.339. The molecule has 0 unspecified atom stereocenters. The zero-order chi connectivity index (χ0) is 13.1. The molecule has 0 aromatic heterocycles. The van der Waals surface area contributed by atoms with Crippen LogP contribution in [0.1, 0.15) is 56.9 Å². The number of halogens is 3. The van der Waals surface area contributed by atoms with Crippen molar-refractivity contribution in [1.82, 2.24) is 0 Å². The van der Waals surface area contributed by atoms with Crippen LogP contribution < -0.4 is 0 Å². The molecule has 0 saturated heterocycles. The van der Waals surface area contributed by atoms with E-state index in [1.807, 2.05) is 0 Å². The van der Waals surface area contributed by atoms with Crippen LogP contribution in [-0.4, -0.2) is 0 Å². The molecule has 1 aliphatic carbocycles.